The molecule has 0 saturated carbocycles. The van der Waals surface area contributed by atoms with Crippen LogP contribution in [0.1, 0.15) is 65.2 Å². The number of piperidine rings is 1. The Balaban J connectivity index is 1.95. The van der Waals surface area contributed by atoms with Crippen molar-refractivity contribution in [3.63, 3.8) is 0 Å². The largest absolute Gasteiger partial charge is 0.314 e. The predicted octanol–water partition coefficient (Wildman–Crippen LogP) is 3.08. The fourth-order valence-electron chi connectivity index (χ4n) is 2.54. The minimum Gasteiger partial charge on any atom is -0.314 e. The van der Waals surface area contributed by atoms with Crippen LogP contribution in [0.15, 0.2) is 0 Å². The van der Waals surface area contributed by atoms with Gasteiger partial charge in [0.15, 0.2) is 0 Å². The van der Waals surface area contributed by atoms with E-state index in [2.05, 4.69) is 24.5 Å². The first kappa shape index (κ1) is 14.0. The van der Waals surface area contributed by atoms with Gasteiger partial charge in [-0.1, -0.05) is 32.6 Å². The lowest BCUT2D eigenvalue weighted by Gasteiger charge is -2.26. The Morgan fingerprint density at radius 1 is 1.25 bits per heavy atom. The van der Waals surface area contributed by atoms with Gasteiger partial charge >= 0.3 is 0 Å². The summed E-state index contributed by atoms with van der Waals surface area (Å²) >= 11 is 0. The summed E-state index contributed by atoms with van der Waals surface area (Å²) in [5, 5.41) is 7.27. The van der Waals surface area contributed by atoms with E-state index in [1.54, 1.807) is 0 Å². The zero-order chi connectivity index (χ0) is 11.6. The van der Waals surface area contributed by atoms with Crippen molar-refractivity contribution in [1.29, 1.82) is 0 Å². The van der Waals surface area contributed by atoms with E-state index >= 15 is 0 Å². The van der Waals surface area contributed by atoms with E-state index in [-0.39, 0.29) is 0 Å². The molecule has 0 aromatic carbocycles. The fourth-order valence-corrected chi connectivity index (χ4v) is 2.54. The zero-order valence-electron chi connectivity index (χ0n) is 11.2. The quantitative estimate of drug-likeness (QED) is 0.622. The number of unbranched alkanes of at least 4 members (excludes halogenated alkanes) is 3. The summed E-state index contributed by atoms with van der Waals surface area (Å²) in [6.45, 7) is 7.03. The van der Waals surface area contributed by atoms with Gasteiger partial charge in [0.2, 0.25) is 0 Å². The van der Waals surface area contributed by atoms with Crippen LogP contribution < -0.4 is 10.6 Å². The van der Waals surface area contributed by atoms with Crippen LogP contribution in [0.3, 0.4) is 0 Å². The molecule has 1 rings (SSSR count). The summed E-state index contributed by atoms with van der Waals surface area (Å²) in [6, 6.07) is 1.45. The van der Waals surface area contributed by atoms with Crippen LogP contribution in [0.25, 0.3) is 0 Å². The van der Waals surface area contributed by atoms with Crippen molar-refractivity contribution >= 4 is 0 Å². The van der Waals surface area contributed by atoms with Crippen LogP contribution in [-0.2, 0) is 0 Å². The first-order chi connectivity index (χ1) is 7.83. The fraction of sp³-hybridized carbons (Fsp3) is 1.00. The number of rotatable bonds is 8. The molecule has 0 aromatic heterocycles. The van der Waals surface area contributed by atoms with E-state index in [0.29, 0.717) is 6.04 Å². The normalized spacial score (nSPS) is 23.2. The lowest BCUT2D eigenvalue weighted by molar-refractivity contribution is 0.344. The second kappa shape index (κ2) is 9.00. The van der Waals surface area contributed by atoms with E-state index < -0.39 is 0 Å². The van der Waals surface area contributed by atoms with Gasteiger partial charge in [-0.25, -0.2) is 0 Å². The monoisotopic (exact) mass is 226 g/mol. The Morgan fingerprint density at radius 3 is 2.81 bits per heavy atom. The molecule has 0 aromatic rings. The third-order valence-electron chi connectivity index (χ3n) is 3.57. The van der Waals surface area contributed by atoms with Crippen molar-refractivity contribution in [3.8, 4) is 0 Å². The number of nitrogens with one attached hydrogen (secondary N) is 2. The van der Waals surface area contributed by atoms with E-state index in [9.17, 15) is 0 Å². The second-order valence-corrected chi connectivity index (χ2v) is 5.30. The maximum Gasteiger partial charge on any atom is 0.00817 e. The first-order valence-electron chi connectivity index (χ1n) is 7.29. The Morgan fingerprint density at radius 2 is 2.12 bits per heavy atom. The van der Waals surface area contributed by atoms with Crippen molar-refractivity contribution < 1.29 is 0 Å². The smallest absolute Gasteiger partial charge is 0.00817 e. The van der Waals surface area contributed by atoms with Crippen molar-refractivity contribution in [3.05, 3.63) is 0 Å². The molecular formula is C14H30N2. The van der Waals surface area contributed by atoms with Crippen molar-refractivity contribution in [2.75, 3.05) is 13.1 Å². The summed E-state index contributed by atoms with van der Waals surface area (Å²) in [7, 11) is 0. The lowest BCUT2D eigenvalue weighted by atomic mass is 9.99. The van der Waals surface area contributed by atoms with Gasteiger partial charge in [0.1, 0.15) is 0 Å². The van der Waals surface area contributed by atoms with E-state index in [0.717, 1.165) is 6.04 Å². The predicted molar refractivity (Wildman–Crippen MR) is 71.9 cm³/mol. The summed E-state index contributed by atoms with van der Waals surface area (Å²) in [5.41, 5.74) is 0. The molecule has 1 heterocycles. The Hall–Kier alpha value is -0.0800. The highest BCUT2D eigenvalue weighted by molar-refractivity contribution is 4.76. The molecule has 1 aliphatic heterocycles. The van der Waals surface area contributed by atoms with Crippen LogP contribution >= 0.6 is 0 Å². The molecule has 0 radical (unpaired) electrons. The van der Waals surface area contributed by atoms with E-state index in [4.69, 9.17) is 0 Å². The first-order valence-corrected chi connectivity index (χ1v) is 7.29. The third kappa shape index (κ3) is 6.49. The molecule has 1 aliphatic rings. The van der Waals surface area contributed by atoms with Crippen LogP contribution in [0.5, 0.6) is 0 Å². The third-order valence-corrected chi connectivity index (χ3v) is 3.57. The standard InChI is InChI=1S/C14H30N2/c1-3-4-5-7-10-15-13(2)12-14-9-6-8-11-16-14/h13-16H,3-12H2,1-2H3. The molecule has 0 amide bonds. The van der Waals surface area contributed by atoms with Crippen LogP contribution in [0.4, 0.5) is 0 Å². The molecule has 2 N–H and O–H groups in total. The van der Waals surface area contributed by atoms with Crippen molar-refractivity contribution in [2.24, 2.45) is 0 Å². The van der Waals surface area contributed by atoms with Gasteiger partial charge in [-0.2, -0.15) is 0 Å². The summed E-state index contributed by atoms with van der Waals surface area (Å²) in [5.74, 6) is 0. The van der Waals surface area contributed by atoms with Crippen LogP contribution in [-0.4, -0.2) is 25.2 Å². The molecule has 1 fully saturated rings. The molecule has 0 spiro atoms. The summed E-state index contributed by atoms with van der Waals surface area (Å²) in [4.78, 5) is 0. The average molecular weight is 226 g/mol. The molecule has 0 bridgehead atoms. The van der Waals surface area contributed by atoms with Crippen LogP contribution in [0, 0.1) is 0 Å². The van der Waals surface area contributed by atoms with Gasteiger partial charge in [0.05, 0.1) is 0 Å². The highest BCUT2D eigenvalue weighted by Crippen LogP contribution is 2.11. The Bertz CT molecular complexity index is 153. The minimum absolute atomic E-state index is 0.678. The maximum absolute atomic E-state index is 3.65. The van der Waals surface area contributed by atoms with Gasteiger partial charge in [-0.3, -0.25) is 0 Å². The Labute approximate surface area is 102 Å². The number of hydrogen-bond acceptors (Lipinski definition) is 2. The molecule has 2 heteroatoms. The molecule has 1 saturated heterocycles. The minimum atomic E-state index is 0.678. The highest BCUT2D eigenvalue weighted by atomic mass is 14.9. The molecule has 2 unspecified atom stereocenters. The van der Waals surface area contributed by atoms with Gasteiger partial charge in [-0.15, -0.1) is 0 Å². The number of hydrogen-bond donors (Lipinski definition) is 2. The van der Waals surface area contributed by atoms with E-state index in [1.165, 1.54) is 64.5 Å². The van der Waals surface area contributed by atoms with Crippen molar-refractivity contribution in [1.82, 2.24) is 10.6 Å². The highest BCUT2D eigenvalue weighted by Gasteiger charge is 2.14. The van der Waals surface area contributed by atoms with Crippen molar-refractivity contribution in [2.45, 2.75) is 77.3 Å². The van der Waals surface area contributed by atoms with Gasteiger partial charge in [0.25, 0.3) is 0 Å². The van der Waals surface area contributed by atoms with Crippen LogP contribution in [0.2, 0.25) is 0 Å². The SMILES string of the molecule is CCCCCCNC(C)CC1CCCCN1. The zero-order valence-corrected chi connectivity index (χ0v) is 11.2. The molecule has 16 heavy (non-hydrogen) atoms. The molecule has 2 atom stereocenters. The summed E-state index contributed by atoms with van der Waals surface area (Å²) in [6.07, 6.45) is 10.9. The van der Waals surface area contributed by atoms with Gasteiger partial charge in [-0.05, 0) is 45.7 Å². The topological polar surface area (TPSA) is 24.1 Å². The molecule has 0 aliphatic carbocycles. The maximum atomic E-state index is 3.65. The second-order valence-electron chi connectivity index (χ2n) is 5.30. The molecular weight excluding hydrogens is 196 g/mol. The molecule has 96 valence electrons. The molecule has 2 nitrogen and oxygen atoms in total. The van der Waals surface area contributed by atoms with E-state index in [1.807, 2.05) is 0 Å². The lowest BCUT2D eigenvalue weighted by Crippen LogP contribution is -2.40. The summed E-state index contributed by atoms with van der Waals surface area (Å²) < 4.78 is 0. The van der Waals surface area contributed by atoms with Gasteiger partial charge < -0.3 is 10.6 Å². The average Bonchev–Trinajstić information content (AvgIpc) is 2.30. The van der Waals surface area contributed by atoms with Gasteiger partial charge in [0, 0.05) is 12.1 Å². The Kier molecular flexibility index (Phi) is 7.87.